The first kappa shape index (κ1) is 35.5. The Morgan fingerprint density at radius 1 is 0.957 bits per heavy atom. The lowest BCUT2D eigenvalue weighted by Gasteiger charge is -2.53. The van der Waals surface area contributed by atoms with E-state index >= 15 is 0 Å². The van der Waals surface area contributed by atoms with Crippen LogP contribution in [-0.2, 0) is 19.4 Å². The highest BCUT2D eigenvalue weighted by molar-refractivity contribution is 7.92. The molecule has 0 aliphatic carbocycles. The molecule has 1 saturated heterocycles. The van der Waals surface area contributed by atoms with Crippen LogP contribution in [0.5, 0.6) is 0 Å². The van der Waals surface area contributed by atoms with Crippen molar-refractivity contribution < 1.29 is 27.9 Å². The Morgan fingerprint density at radius 2 is 1.59 bits per heavy atom. The van der Waals surface area contributed by atoms with Crippen molar-refractivity contribution in [2.75, 3.05) is 11.1 Å². The van der Waals surface area contributed by atoms with E-state index in [1.807, 2.05) is 44.2 Å². The summed E-state index contributed by atoms with van der Waals surface area (Å²) in [6, 6.07) is 19.1. The predicted octanol–water partition coefficient (Wildman–Crippen LogP) is 7.63. The van der Waals surface area contributed by atoms with E-state index in [2.05, 4.69) is 5.32 Å². The minimum absolute atomic E-state index is 0.0803. The van der Waals surface area contributed by atoms with Gasteiger partial charge in [0, 0.05) is 34.1 Å². The summed E-state index contributed by atoms with van der Waals surface area (Å²) in [4.78, 5) is 41.4. The number of piperidine rings is 1. The molecule has 3 aromatic carbocycles. The highest BCUT2D eigenvalue weighted by Crippen LogP contribution is 2.52. The first-order valence-corrected chi connectivity index (χ1v) is 17.7. The average molecular weight is 688 g/mol. The van der Waals surface area contributed by atoms with Crippen molar-refractivity contribution in [2.45, 2.75) is 70.7 Å². The van der Waals surface area contributed by atoms with Gasteiger partial charge in [0.2, 0.25) is 11.8 Å². The highest BCUT2D eigenvalue weighted by Gasteiger charge is 2.53. The molecule has 0 radical (unpaired) electrons. The molecule has 0 saturated carbocycles. The van der Waals surface area contributed by atoms with Crippen molar-refractivity contribution in [1.29, 1.82) is 0 Å². The number of nitrogens with one attached hydrogen (secondary N) is 1. The third-order valence-corrected chi connectivity index (χ3v) is 11.5. The standard InChI is InChI=1S/C35H40Cl2N2O6S/c1-21(2)30(20-46(44,45)22(3)4)39-32(23-9-13-26(36)14-10-23)29(25-7-6-8-27(37)17-25)18-35(5,34(39)43)19-31(40)38-28-15-11-24(12-16-28)33(41)42/h6-17,21-22,29-30,32H,18-20H2,1-5H3,(H,38,40)(H,41,42). The van der Waals surface area contributed by atoms with Gasteiger partial charge in [0.1, 0.15) is 0 Å². The molecule has 1 aliphatic heterocycles. The van der Waals surface area contributed by atoms with Crippen molar-refractivity contribution >= 4 is 56.5 Å². The van der Waals surface area contributed by atoms with Crippen LogP contribution in [-0.4, -0.2) is 53.3 Å². The lowest BCUT2D eigenvalue weighted by Crippen LogP contribution is -2.59. The summed E-state index contributed by atoms with van der Waals surface area (Å²) in [5.41, 5.74) is 0.898. The normalized spacial score (nSPS) is 21.0. The summed E-state index contributed by atoms with van der Waals surface area (Å²) in [6.07, 6.45) is 0.0955. The Bertz CT molecular complexity index is 1690. The largest absolute Gasteiger partial charge is 0.478 e. The molecule has 1 fully saturated rings. The fraction of sp³-hybridized carbons (Fsp3) is 0.400. The molecule has 2 N–H and O–H groups in total. The van der Waals surface area contributed by atoms with E-state index in [1.165, 1.54) is 24.3 Å². The van der Waals surface area contributed by atoms with Gasteiger partial charge in [0.25, 0.3) is 0 Å². The second kappa shape index (κ2) is 14.2. The summed E-state index contributed by atoms with van der Waals surface area (Å²) in [5, 5.41) is 12.4. The van der Waals surface area contributed by atoms with Crippen molar-refractivity contribution in [3.05, 3.63) is 99.5 Å². The Kier molecular flexibility index (Phi) is 10.9. The first-order chi connectivity index (χ1) is 21.5. The third kappa shape index (κ3) is 7.93. The first-order valence-electron chi connectivity index (χ1n) is 15.2. The van der Waals surface area contributed by atoms with Crippen LogP contribution in [0.3, 0.4) is 0 Å². The third-order valence-electron chi connectivity index (χ3n) is 8.80. The molecule has 1 aliphatic rings. The number of carboxylic acids is 1. The molecular formula is C35H40Cl2N2O6S. The molecule has 0 bridgehead atoms. The Balaban J connectivity index is 1.85. The maximum atomic E-state index is 14.9. The van der Waals surface area contributed by atoms with Gasteiger partial charge in [-0.25, -0.2) is 13.2 Å². The minimum atomic E-state index is -3.58. The van der Waals surface area contributed by atoms with Crippen LogP contribution >= 0.6 is 23.2 Å². The second-order valence-electron chi connectivity index (χ2n) is 12.9. The number of nitrogens with zero attached hydrogens (tertiary/aromatic N) is 1. The molecule has 0 aromatic heterocycles. The lowest BCUT2D eigenvalue weighted by atomic mass is 9.66. The van der Waals surface area contributed by atoms with Crippen molar-refractivity contribution in [2.24, 2.45) is 11.3 Å². The lowest BCUT2D eigenvalue weighted by molar-refractivity contribution is -0.157. The maximum Gasteiger partial charge on any atom is 0.335 e. The molecule has 4 rings (SSSR count). The number of benzene rings is 3. The highest BCUT2D eigenvalue weighted by atomic mass is 35.5. The molecule has 4 atom stereocenters. The van der Waals surface area contributed by atoms with E-state index < -0.39 is 44.5 Å². The van der Waals surface area contributed by atoms with Gasteiger partial charge in [-0.2, -0.15) is 0 Å². The molecule has 11 heteroatoms. The number of rotatable bonds is 11. The van der Waals surface area contributed by atoms with Crippen molar-refractivity contribution in [1.82, 2.24) is 4.90 Å². The Labute approximate surface area is 281 Å². The summed E-state index contributed by atoms with van der Waals surface area (Å²) in [5.74, 6) is -2.66. The van der Waals surface area contributed by atoms with Crippen LogP contribution in [0.25, 0.3) is 0 Å². The van der Waals surface area contributed by atoms with Gasteiger partial charge < -0.3 is 15.3 Å². The van der Waals surface area contributed by atoms with Gasteiger partial charge in [0.15, 0.2) is 9.84 Å². The average Bonchev–Trinajstić information content (AvgIpc) is 2.98. The number of amides is 2. The van der Waals surface area contributed by atoms with Gasteiger partial charge in [-0.1, -0.05) is 68.2 Å². The van der Waals surface area contributed by atoms with Crippen LogP contribution < -0.4 is 5.32 Å². The molecule has 3 aromatic rings. The molecule has 0 spiro atoms. The van der Waals surface area contributed by atoms with Crippen LogP contribution in [0.1, 0.15) is 80.9 Å². The zero-order valence-corrected chi connectivity index (χ0v) is 28.9. The van der Waals surface area contributed by atoms with E-state index in [1.54, 1.807) is 43.9 Å². The number of carboxylic acid groups (broad SMARTS) is 1. The number of sulfone groups is 1. The van der Waals surface area contributed by atoms with E-state index in [0.717, 1.165) is 11.1 Å². The molecule has 8 nitrogen and oxygen atoms in total. The fourth-order valence-electron chi connectivity index (χ4n) is 6.19. The Morgan fingerprint density at radius 3 is 2.13 bits per heavy atom. The SMILES string of the molecule is CC(C)C(CS(=O)(=O)C(C)C)N1C(=O)C(C)(CC(=O)Nc2ccc(C(=O)O)cc2)CC(c2cccc(Cl)c2)C1c1ccc(Cl)cc1. The van der Waals surface area contributed by atoms with E-state index in [-0.39, 0.29) is 41.9 Å². The predicted molar refractivity (Wildman–Crippen MR) is 182 cm³/mol. The minimum Gasteiger partial charge on any atom is -0.478 e. The Hall–Kier alpha value is -3.40. The van der Waals surface area contributed by atoms with Gasteiger partial charge >= 0.3 is 5.97 Å². The molecule has 46 heavy (non-hydrogen) atoms. The van der Waals surface area contributed by atoms with Crippen LogP contribution in [0.2, 0.25) is 10.0 Å². The van der Waals surface area contributed by atoms with E-state index in [9.17, 15) is 27.9 Å². The van der Waals surface area contributed by atoms with Gasteiger partial charge in [-0.3, -0.25) is 9.59 Å². The zero-order chi connectivity index (χ0) is 34.0. The monoisotopic (exact) mass is 686 g/mol. The summed E-state index contributed by atoms with van der Waals surface area (Å²) in [7, 11) is -3.58. The smallest absolute Gasteiger partial charge is 0.335 e. The van der Waals surface area contributed by atoms with Crippen molar-refractivity contribution in [3.8, 4) is 0 Å². The zero-order valence-electron chi connectivity index (χ0n) is 26.5. The summed E-state index contributed by atoms with van der Waals surface area (Å²) >= 11 is 12.7. The summed E-state index contributed by atoms with van der Waals surface area (Å²) < 4.78 is 26.8. The van der Waals surface area contributed by atoms with E-state index in [4.69, 9.17) is 23.2 Å². The molecule has 246 valence electrons. The summed E-state index contributed by atoms with van der Waals surface area (Å²) in [6.45, 7) is 8.82. The van der Waals surface area contributed by atoms with Crippen LogP contribution in [0, 0.1) is 11.3 Å². The number of carbonyl (C=O) groups excluding carboxylic acids is 2. The molecule has 2 amide bonds. The fourth-order valence-corrected chi connectivity index (χ4v) is 7.92. The number of carbonyl (C=O) groups is 3. The molecule has 4 unspecified atom stereocenters. The second-order valence-corrected chi connectivity index (χ2v) is 16.4. The quantitative estimate of drug-likeness (QED) is 0.214. The maximum absolute atomic E-state index is 14.9. The number of halogens is 2. The van der Waals surface area contributed by atoms with Crippen LogP contribution in [0.4, 0.5) is 5.69 Å². The van der Waals surface area contributed by atoms with Crippen molar-refractivity contribution in [3.63, 3.8) is 0 Å². The molecular weight excluding hydrogens is 647 g/mol. The number of hydrogen-bond acceptors (Lipinski definition) is 5. The van der Waals surface area contributed by atoms with E-state index in [0.29, 0.717) is 15.7 Å². The number of likely N-dealkylation sites (tertiary alicyclic amines) is 1. The number of anilines is 1. The van der Waals surface area contributed by atoms with Gasteiger partial charge in [0.05, 0.1) is 28.0 Å². The van der Waals surface area contributed by atoms with Crippen LogP contribution in [0.15, 0.2) is 72.8 Å². The topological polar surface area (TPSA) is 121 Å². The van der Waals surface area contributed by atoms with Gasteiger partial charge in [-0.05, 0) is 85.8 Å². The molecule has 1 heterocycles. The number of aromatic carboxylic acids is 1. The van der Waals surface area contributed by atoms with Gasteiger partial charge in [-0.15, -0.1) is 0 Å². The number of hydrogen-bond donors (Lipinski definition) is 2.